The van der Waals surface area contributed by atoms with Crippen LogP contribution in [0, 0.1) is 11.8 Å². The van der Waals surface area contributed by atoms with E-state index in [4.69, 9.17) is 5.11 Å². The Kier molecular flexibility index (Phi) is 5.89. The van der Waals surface area contributed by atoms with Gasteiger partial charge in [0.15, 0.2) is 0 Å². The summed E-state index contributed by atoms with van der Waals surface area (Å²) in [5.74, 6) is -1.10. The Bertz CT molecular complexity index is 314. The topological polar surface area (TPSA) is 57.6 Å². The van der Waals surface area contributed by atoms with E-state index in [1.807, 2.05) is 6.08 Å². The zero-order valence-corrected chi connectivity index (χ0v) is 11.1. The summed E-state index contributed by atoms with van der Waals surface area (Å²) >= 11 is 0. The number of hydrogen-bond acceptors (Lipinski definition) is 2. The first-order valence-electron chi connectivity index (χ1n) is 6.65. The summed E-state index contributed by atoms with van der Waals surface area (Å²) in [5, 5.41) is 9.01. The maximum atomic E-state index is 12.2. The molecule has 102 valence electrons. The van der Waals surface area contributed by atoms with Gasteiger partial charge in [-0.3, -0.25) is 9.59 Å². The molecule has 4 heteroatoms. The molecule has 1 N–H and O–H groups in total. The summed E-state index contributed by atoms with van der Waals surface area (Å²) in [7, 11) is 1.80. The van der Waals surface area contributed by atoms with Gasteiger partial charge in [0, 0.05) is 19.5 Å². The third-order valence-electron chi connectivity index (χ3n) is 3.65. The van der Waals surface area contributed by atoms with Gasteiger partial charge in [0.1, 0.15) is 0 Å². The number of carbonyl (C=O) groups excluding carboxylic acids is 1. The van der Waals surface area contributed by atoms with E-state index in [0.717, 1.165) is 32.2 Å². The first-order valence-corrected chi connectivity index (χ1v) is 6.65. The quantitative estimate of drug-likeness (QED) is 0.583. The summed E-state index contributed by atoms with van der Waals surface area (Å²) in [4.78, 5) is 24.9. The molecule has 0 saturated heterocycles. The summed E-state index contributed by atoms with van der Waals surface area (Å²) < 4.78 is 0. The lowest BCUT2D eigenvalue weighted by Gasteiger charge is -2.29. The number of carboxylic acid groups (broad SMARTS) is 1. The molecule has 0 radical (unpaired) electrons. The van der Waals surface area contributed by atoms with Gasteiger partial charge in [-0.25, -0.2) is 0 Å². The molecule has 0 aromatic heterocycles. The van der Waals surface area contributed by atoms with Crippen LogP contribution in [0.3, 0.4) is 0 Å². The van der Waals surface area contributed by atoms with Crippen LogP contribution >= 0.6 is 0 Å². The van der Waals surface area contributed by atoms with Crippen molar-refractivity contribution in [1.29, 1.82) is 0 Å². The third kappa shape index (κ3) is 4.17. The van der Waals surface area contributed by atoms with Crippen LogP contribution in [0.15, 0.2) is 12.7 Å². The number of hydrogen-bond donors (Lipinski definition) is 1. The number of carbonyl (C=O) groups is 2. The average molecular weight is 253 g/mol. The fourth-order valence-electron chi connectivity index (χ4n) is 2.53. The highest BCUT2D eigenvalue weighted by Gasteiger charge is 2.32. The number of aliphatic carboxylic acids is 1. The molecule has 1 aliphatic carbocycles. The van der Waals surface area contributed by atoms with Gasteiger partial charge < -0.3 is 10.0 Å². The molecule has 0 aliphatic heterocycles. The molecule has 0 aromatic rings. The van der Waals surface area contributed by atoms with Crippen molar-refractivity contribution in [2.45, 2.75) is 38.5 Å². The second-order valence-electron chi connectivity index (χ2n) is 5.09. The Morgan fingerprint density at radius 3 is 2.67 bits per heavy atom. The maximum Gasteiger partial charge on any atom is 0.306 e. The lowest BCUT2D eigenvalue weighted by Crippen LogP contribution is -2.37. The summed E-state index contributed by atoms with van der Waals surface area (Å²) in [6.07, 6.45) is 6.54. The average Bonchev–Trinajstić information content (AvgIpc) is 2.38. The standard InChI is InChI=1S/C14H23NO3/c1-3-4-5-9-15(2)13(16)11-7-6-8-12(10-11)14(17)18/h3,11-12H,1,4-10H2,2H3,(H,17,18). The zero-order valence-electron chi connectivity index (χ0n) is 11.1. The van der Waals surface area contributed by atoms with E-state index >= 15 is 0 Å². The van der Waals surface area contributed by atoms with Crippen molar-refractivity contribution in [3.63, 3.8) is 0 Å². The van der Waals surface area contributed by atoms with Crippen LogP contribution in [0.2, 0.25) is 0 Å². The van der Waals surface area contributed by atoms with Crippen LogP contribution in [0.1, 0.15) is 38.5 Å². The fourth-order valence-corrected chi connectivity index (χ4v) is 2.53. The second-order valence-corrected chi connectivity index (χ2v) is 5.09. The van der Waals surface area contributed by atoms with Crippen LogP contribution in [0.4, 0.5) is 0 Å². The van der Waals surface area contributed by atoms with E-state index in [-0.39, 0.29) is 17.7 Å². The molecule has 1 fully saturated rings. The van der Waals surface area contributed by atoms with Gasteiger partial charge in [0.05, 0.1) is 5.92 Å². The predicted octanol–water partition coefficient (Wildman–Crippen LogP) is 2.30. The minimum atomic E-state index is -0.762. The van der Waals surface area contributed by atoms with E-state index in [2.05, 4.69) is 6.58 Å². The lowest BCUT2D eigenvalue weighted by molar-refractivity contribution is -0.145. The van der Waals surface area contributed by atoms with Crippen molar-refractivity contribution < 1.29 is 14.7 Å². The van der Waals surface area contributed by atoms with Crippen LogP contribution < -0.4 is 0 Å². The molecule has 0 aromatic carbocycles. The molecule has 0 heterocycles. The van der Waals surface area contributed by atoms with E-state index in [0.29, 0.717) is 12.8 Å². The molecule has 1 rings (SSSR count). The van der Waals surface area contributed by atoms with Crippen molar-refractivity contribution in [2.75, 3.05) is 13.6 Å². The number of amides is 1. The highest BCUT2D eigenvalue weighted by molar-refractivity contribution is 5.80. The molecule has 2 atom stereocenters. The number of rotatable bonds is 6. The molecule has 0 spiro atoms. The van der Waals surface area contributed by atoms with E-state index in [1.54, 1.807) is 11.9 Å². The van der Waals surface area contributed by atoms with Crippen molar-refractivity contribution in [3.05, 3.63) is 12.7 Å². The second kappa shape index (κ2) is 7.19. The largest absolute Gasteiger partial charge is 0.481 e. The van der Waals surface area contributed by atoms with E-state index in [1.165, 1.54) is 0 Å². The summed E-state index contributed by atoms with van der Waals surface area (Å²) in [6.45, 7) is 4.37. The molecular formula is C14H23NO3. The lowest BCUT2D eigenvalue weighted by atomic mass is 9.81. The van der Waals surface area contributed by atoms with Crippen LogP contribution in [-0.2, 0) is 9.59 Å². The van der Waals surface area contributed by atoms with E-state index in [9.17, 15) is 9.59 Å². The zero-order chi connectivity index (χ0) is 13.5. The summed E-state index contributed by atoms with van der Waals surface area (Å²) in [5.41, 5.74) is 0. The normalized spacial score (nSPS) is 23.4. The Balaban J connectivity index is 2.44. The molecule has 18 heavy (non-hydrogen) atoms. The van der Waals surface area contributed by atoms with Gasteiger partial charge in [-0.05, 0) is 32.1 Å². The molecule has 1 saturated carbocycles. The number of carboxylic acids is 1. The van der Waals surface area contributed by atoms with Crippen LogP contribution in [0.25, 0.3) is 0 Å². The molecule has 4 nitrogen and oxygen atoms in total. The number of allylic oxidation sites excluding steroid dienone is 1. The van der Waals surface area contributed by atoms with Gasteiger partial charge in [-0.15, -0.1) is 6.58 Å². The first-order chi connectivity index (χ1) is 8.56. The van der Waals surface area contributed by atoms with Gasteiger partial charge in [0.25, 0.3) is 0 Å². The van der Waals surface area contributed by atoms with Crippen LogP contribution in [-0.4, -0.2) is 35.5 Å². The maximum absolute atomic E-state index is 12.2. The first kappa shape index (κ1) is 14.7. The number of unbranched alkanes of at least 4 members (excludes halogenated alkanes) is 1. The van der Waals surface area contributed by atoms with Gasteiger partial charge in [-0.1, -0.05) is 12.5 Å². The Hall–Kier alpha value is -1.32. The Labute approximate surface area is 109 Å². The molecule has 1 amide bonds. The van der Waals surface area contributed by atoms with Gasteiger partial charge in [-0.2, -0.15) is 0 Å². The fraction of sp³-hybridized carbons (Fsp3) is 0.714. The predicted molar refractivity (Wildman–Crippen MR) is 70.2 cm³/mol. The SMILES string of the molecule is C=CCCCN(C)C(=O)C1CCCC(C(=O)O)C1. The molecule has 2 unspecified atom stereocenters. The Morgan fingerprint density at radius 2 is 2.06 bits per heavy atom. The van der Waals surface area contributed by atoms with Crippen LogP contribution in [0.5, 0.6) is 0 Å². The minimum Gasteiger partial charge on any atom is -0.481 e. The van der Waals surface area contributed by atoms with Crippen molar-refractivity contribution in [1.82, 2.24) is 4.90 Å². The van der Waals surface area contributed by atoms with Gasteiger partial charge in [0.2, 0.25) is 5.91 Å². The molecule has 0 bridgehead atoms. The summed E-state index contributed by atoms with van der Waals surface area (Å²) in [6, 6.07) is 0. The molecular weight excluding hydrogens is 230 g/mol. The highest BCUT2D eigenvalue weighted by Crippen LogP contribution is 2.30. The Morgan fingerprint density at radius 1 is 1.39 bits per heavy atom. The monoisotopic (exact) mass is 253 g/mol. The highest BCUT2D eigenvalue weighted by atomic mass is 16.4. The van der Waals surface area contributed by atoms with Gasteiger partial charge >= 0.3 is 5.97 Å². The van der Waals surface area contributed by atoms with Crippen molar-refractivity contribution in [3.8, 4) is 0 Å². The van der Waals surface area contributed by atoms with Crippen molar-refractivity contribution in [2.24, 2.45) is 11.8 Å². The number of nitrogens with zero attached hydrogens (tertiary/aromatic N) is 1. The third-order valence-corrected chi connectivity index (χ3v) is 3.65. The van der Waals surface area contributed by atoms with Crippen molar-refractivity contribution >= 4 is 11.9 Å². The smallest absolute Gasteiger partial charge is 0.306 e. The minimum absolute atomic E-state index is 0.102. The van der Waals surface area contributed by atoms with E-state index < -0.39 is 5.97 Å². The molecule has 1 aliphatic rings.